The molecule has 0 aromatic carbocycles. The minimum absolute atomic E-state index is 0.178. The summed E-state index contributed by atoms with van der Waals surface area (Å²) in [4.78, 5) is 11.6. The normalized spacial score (nSPS) is 20.4. The number of nitrogens with one attached hydrogen (secondary N) is 1. The van der Waals surface area contributed by atoms with Crippen LogP contribution in [0.25, 0.3) is 0 Å². The monoisotopic (exact) mass is 216 g/mol. The number of carbonyl (C=O) groups excluding carboxylic acids is 1. The van der Waals surface area contributed by atoms with Crippen molar-refractivity contribution >= 4 is 17.7 Å². The third kappa shape index (κ3) is 4.33. The van der Waals surface area contributed by atoms with Crippen molar-refractivity contribution in [1.82, 2.24) is 5.32 Å². The van der Waals surface area contributed by atoms with E-state index in [0.29, 0.717) is 0 Å². The molecule has 1 aliphatic rings. The standard InChI is InChI=1S/C10H20N2OS/c1-8(11)2-5-12-10(13)9-3-6-14-7-4-9/h8-9H,2-7,11H2,1H3,(H,12,13). The molecule has 0 radical (unpaired) electrons. The Hall–Kier alpha value is -0.220. The van der Waals surface area contributed by atoms with Crippen molar-refractivity contribution in [3.05, 3.63) is 0 Å². The first kappa shape index (κ1) is 11.9. The predicted octanol–water partition coefficient (Wildman–Crippen LogP) is 0.983. The fourth-order valence-electron chi connectivity index (χ4n) is 1.53. The molecule has 0 spiro atoms. The predicted molar refractivity (Wildman–Crippen MR) is 61.3 cm³/mol. The van der Waals surface area contributed by atoms with Crippen molar-refractivity contribution in [2.45, 2.75) is 32.2 Å². The second-order valence-corrected chi connectivity index (χ2v) is 5.17. The molecule has 0 aromatic heterocycles. The van der Waals surface area contributed by atoms with E-state index in [-0.39, 0.29) is 17.9 Å². The van der Waals surface area contributed by atoms with Gasteiger partial charge >= 0.3 is 0 Å². The smallest absolute Gasteiger partial charge is 0.223 e. The van der Waals surface area contributed by atoms with Crippen molar-refractivity contribution in [2.75, 3.05) is 18.1 Å². The minimum atomic E-state index is 0.178. The lowest BCUT2D eigenvalue weighted by atomic mass is 10.0. The highest BCUT2D eigenvalue weighted by Crippen LogP contribution is 2.22. The third-order valence-corrected chi connectivity index (χ3v) is 3.54. The van der Waals surface area contributed by atoms with Gasteiger partial charge in [-0.25, -0.2) is 0 Å². The Kier molecular flexibility index (Phi) is 5.33. The van der Waals surface area contributed by atoms with Gasteiger partial charge in [0.2, 0.25) is 5.91 Å². The van der Waals surface area contributed by atoms with Gasteiger partial charge in [0.15, 0.2) is 0 Å². The molecule has 1 fully saturated rings. The molecule has 0 bridgehead atoms. The van der Waals surface area contributed by atoms with E-state index in [1.165, 1.54) is 0 Å². The Morgan fingerprint density at radius 3 is 2.79 bits per heavy atom. The van der Waals surface area contributed by atoms with E-state index >= 15 is 0 Å². The minimum Gasteiger partial charge on any atom is -0.356 e. The number of rotatable bonds is 4. The fourth-order valence-corrected chi connectivity index (χ4v) is 2.63. The Bertz CT molecular complexity index is 179. The largest absolute Gasteiger partial charge is 0.356 e. The Balaban J connectivity index is 2.13. The number of amides is 1. The van der Waals surface area contributed by atoms with Gasteiger partial charge in [-0.05, 0) is 37.7 Å². The van der Waals surface area contributed by atoms with E-state index in [9.17, 15) is 4.79 Å². The first-order valence-corrected chi connectivity index (χ1v) is 6.46. The highest BCUT2D eigenvalue weighted by molar-refractivity contribution is 7.99. The molecule has 0 aliphatic carbocycles. The zero-order valence-electron chi connectivity index (χ0n) is 8.79. The van der Waals surface area contributed by atoms with Crippen LogP contribution < -0.4 is 11.1 Å². The summed E-state index contributed by atoms with van der Waals surface area (Å²) in [5.41, 5.74) is 5.60. The van der Waals surface area contributed by atoms with Gasteiger partial charge in [0.05, 0.1) is 0 Å². The zero-order valence-corrected chi connectivity index (χ0v) is 9.61. The number of thioether (sulfide) groups is 1. The van der Waals surface area contributed by atoms with E-state index in [1.807, 2.05) is 18.7 Å². The molecule has 1 heterocycles. The van der Waals surface area contributed by atoms with Crippen LogP contribution in [0.1, 0.15) is 26.2 Å². The molecule has 82 valence electrons. The second-order valence-electron chi connectivity index (χ2n) is 3.94. The second kappa shape index (κ2) is 6.30. The van der Waals surface area contributed by atoms with Crippen LogP contribution in [0, 0.1) is 5.92 Å². The highest BCUT2D eigenvalue weighted by Gasteiger charge is 2.20. The third-order valence-electron chi connectivity index (χ3n) is 2.49. The summed E-state index contributed by atoms with van der Waals surface area (Å²) < 4.78 is 0. The van der Waals surface area contributed by atoms with Crippen molar-refractivity contribution in [2.24, 2.45) is 11.7 Å². The quantitative estimate of drug-likeness (QED) is 0.736. The molecule has 1 atom stereocenters. The van der Waals surface area contributed by atoms with Gasteiger partial charge in [0, 0.05) is 18.5 Å². The molecule has 3 nitrogen and oxygen atoms in total. The van der Waals surface area contributed by atoms with Crippen LogP contribution in [-0.4, -0.2) is 30.0 Å². The van der Waals surface area contributed by atoms with E-state index in [0.717, 1.165) is 37.3 Å². The zero-order chi connectivity index (χ0) is 10.4. The SMILES string of the molecule is CC(N)CCNC(=O)C1CCSCC1. The number of carbonyl (C=O) groups is 1. The van der Waals surface area contributed by atoms with Crippen LogP contribution in [0.3, 0.4) is 0 Å². The molecule has 14 heavy (non-hydrogen) atoms. The van der Waals surface area contributed by atoms with E-state index in [1.54, 1.807) is 0 Å². The van der Waals surface area contributed by atoms with Crippen molar-refractivity contribution < 1.29 is 4.79 Å². The van der Waals surface area contributed by atoms with E-state index < -0.39 is 0 Å². The molecule has 0 saturated carbocycles. The van der Waals surface area contributed by atoms with Gasteiger partial charge in [-0.1, -0.05) is 0 Å². The fraction of sp³-hybridized carbons (Fsp3) is 0.900. The van der Waals surface area contributed by atoms with Crippen LogP contribution in [-0.2, 0) is 4.79 Å². The van der Waals surface area contributed by atoms with Crippen molar-refractivity contribution in [3.8, 4) is 0 Å². The Morgan fingerprint density at radius 2 is 2.21 bits per heavy atom. The molecule has 1 saturated heterocycles. The number of hydrogen-bond acceptors (Lipinski definition) is 3. The lowest BCUT2D eigenvalue weighted by Gasteiger charge is -2.20. The molecule has 0 aromatic rings. The summed E-state index contributed by atoms with van der Waals surface area (Å²) >= 11 is 1.94. The van der Waals surface area contributed by atoms with Crippen LogP contribution in [0.15, 0.2) is 0 Å². The molecule has 3 N–H and O–H groups in total. The lowest BCUT2D eigenvalue weighted by molar-refractivity contribution is -0.125. The number of hydrogen-bond donors (Lipinski definition) is 2. The van der Waals surface area contributed by atoms with Gasteiger partial charge < -0.3 is 11.1 Å². The molecular weight excluding hydrogens is 196 g/mol. The average Bonchev–Trinajstić information content (AvgIpc) is 2.18. The van der Waals surface area contributed by atoms with Gasteiger partial charge in [-0.2, -0.15) is 11.8 Å². The van der Waals surface area contributed by atoms with Gasteiger partial charge in [0.1, 0.15) is 0 Å². The first-order valence-electron chi connectivity index (χ1n) is 5.31. The maximum Gasteiger partial charge on any atom is 0.223 e. The summed E-state index contributed by atoms with van der Waals surface area (Å²) in [6.07, 6.45) is 2.94. The summed E-state index contributed by atoms with van der Waals surface area (Å²) in [5, 5.41) is 2.96. The molecule has 1 unspecified atom stereocenters. The summed E-state index contributed by atoms with van der Waals surface area (Å²) in [6.45, 7) is 2.68. The van der Waals surface area contributed by atoms with Gasteiger partial charge in [0.25, 0.3) is 0 Å². The Labute approximate surface area is 90.2 Å². The summed E-state index contributed by atoms with van der Waals surface area (Å²) in [7, 11) is 0. The van der Waals surface area contributed by atoms with Gasteiger partial charge in [-0.15, -0.1) is 0 Å². The molecule has 1 amide bonds. The van der Waals surface area contributed by atoms with Crippen LogP contribution in [0.4, 0.5) is 0 Å². The van der Waals surface area contributed by atoms with E-state index in [2.05, 4.69) is 5.32 Å². The topological polar surface area (TPSA) is 55.1 Å². The molecule has 4 heteroatoms. The molecule has 1 rings (SSSR count). The van der Waals surface area contributed by atoms with Crippen molar-refractivity contribution in [1.29, 1.82) is 0 Å². The van der Waals surface area contributed by atoms with Crippen LogP contribution in [0.5, 0.6) is 0 Å². The van der Waals surface area contributed by atoms with E-state index in [4.69, 9.17) is 5.73 Å². The lowest BCUT2D eigenvalue weighted by Crippen LogP contribution is -2.35. The first-order chi connectivity index (χ1) is 6.70. The van der Waals surface area contributed by atoms with Crippen LogP contribution >= 0.6 is 11.8 Å². The molecular formula is C10H20N2OS. The van der Waals surface area contributed by atoms with Crippen molar-refractivity contribution in [3.63, 3.8) is 0 Å². The highest BCUT2D eigenvalue weighted by atomic mass is 32.2. The summed E-state index contributed by atoms with van der Waals surface area (Å²) in [5.74, 6) is 2.74. The molecule has 1 aliphatic heterocycles. The maximum absolute atomic E-state index is 11.6. The number of nitrogens with two attached hydrogens (primary N) is 1. The summed E-state index contributed by atoms with van der Waals surface area (Å²) in [6, 6.07) is 0.178. The maximum atomic E-state index is 11.6. The average molecular weight is 216 g/mol. The van der Waals surface area contributed by atoms with Crippen LogP contribution in [0.2, 0.25) is 0 Å². The Morgan fingerprint density at radius 1 is 1.57 bits per heavy atom. The van der Waals surface area contributed by atoms with Gasteiger partial charge in [-0.3, -0.25) is 4.79 Å².